The third-order valence-corrected chi connectivity index (χ3v) is 26.0. The van der Waals surface area contributed by atoms with Crippen LogP contribution in [0.4, 0.5) is 53.5 Å². The lowest BCUT2D eigenvalue weighted by Crippen LogP contribution is -2.39. The van der Waals surface area contributed by atoms with Gasteiger partial charge in [-0.2, -0.15) is 0 Å². The Morgan fingerprint density at radius 3 is 1.69 bits per heavy atom. The highest BCUT2D eigenvalue weighted by Gasteiger charge is 2.34. The van der Waals surface area contributed by atoms with Gasteiger partial charge in [0, 0.05) is 72.0 Å². The van der Waals surface area contributed by atoms with Crippen LogP contribution in [0.3, 0.4) is 0 Å². The number of hydrogen-bond acceptors (Lipinski definition) is 28. The number of nitrogens with zero attached hydrogens (tertiary/aromatic N) is 8. The third kappa shape index (κ3) is 25.2. The summed E-state index contributed by atoms with van der Waals surface area (Å²) in [5, 5.41) is 30.9. The number of esters is 1. The van der Waals surface area contributed by atoms with E-state index in [1.807, 2.05) is 151 Å². The van der Waals surface area contributed by atoms with E-state index in [0.29, 0.717) is 86.0 Å². The van der Waals surface area contributed by atoms with Crippen molar-refractivity contribution >= 4 is 198 Å². The van der Waals surface area contributed by atoms with Crippen LogP contribution in [0.25, 0.3) is 31.7 Å². The second-order valence-corrected chi connectivity index (χ2v) is 38.3. The lowest BCUT2D eigenvalue weighted by Gasteiger charge is -2.28. The number of carbonyl (C=O) groups is 6. The molecule has 2 aliphatic carbocycles. The Balaban J connectivity index is 0.000000196. The lowest BCUT2D eigenvalue weighted by atomic mass is 9.90. The number of rotatable bonds is 31. The van der Waals surface area contributed by atoms with Gasteiger partial charge in [0.25, 0.3) is 11.8 Å². The molecule has 0 radical (unpaired) electrons. The fourth-order valence-corrected chi connectivity index (χ4v) is 18.9. The molecule has 664 valence electrons. The molecule has 0 saturated carbocycles. The smallest absolute Gasteiger partial charge is 0.332 e. The molecule has 6 aromatic carbocycles. The number of aromatic nitrogens is 6. The molecular formula is C92H92Cl3N15O12S6. The van der Waals surface area contributed by atoms with E-state index in [2.05, 4.69) is 62.1 Å². The number of nitrogens with one attached hydrogen (secondary N) is 7. The van der Waals surface area contributed by atoms with Gasteiger partial charge in [-0.15, -0.1) is 34.0 Å². The average Bonchev–Trinajstić information content (AvgIpc) is 1.64. The van der Waals surface area contributed by atoms with Gasteiger partial charge >= 0.3 is 5.97 Å². The van der Waals surface area contributed by atoms with Crippen molar-refractivity contribution in [3.63, 3.8) is 0 Å². The number of halogens is 3. The summed E-state index contributed by atoms with van der Waals surface area (Å²) < 4.78 is 33.3. The largest absolute Gasteiger partial charge is 0.495 e. The van der Waals surface area contributed by atoms with Crippen molar-refractivity contribution in [1.29, 1.82) is 0 Å². The van der Waals surface area contributed by atoms with Crippen molar-refractivity contribution in [2.75, 3.05) is 91.5 Å². The molecule has 1 aliphatic heterocycles. The number of carbonyl (C=O) groups excluding carboxylic acids is 6. The van der Waals surface area contributed by atoms with E-state index in [4.69, 9.17) is 73.2 Å². The molecule has 15 rings (SSSR count). The highest BCUT2D eigenvalue weighted by atomic mass is 35.5. The molecule has 12 aromatic rings. The van der Waals surface area contributed by atoms with Gasteiger partial charge in [0.1, 0.15) is 43.1 Å². The minimum absolute atomic E-state index is 0.00965. The molecule has 0 bridgehead atoms. The summed E-state index contributed by atoms with van der Waals surface area (Å²) in [6, 6.07) is 40.2. The zero-order chi connectivity index (χ0) is 90.8. The maximum absolute atomic E-state index is 13.8. The van der Waals surface area contributed by atoms with Gasteiger partial charge in [-0.1, -0.05) is 189 Å². The van der Waals surface area contributed by atoms with Gasteiger partial charge in [-0.3, -0.25) is 34.3 Å². The number of fused-ring (bicyclic) bond motifs is 4. The Morgan fingerprint density at radius 2 is 1.09 bits per heavy atom. The fourth-order valence-electron chi connectivity index (χ4n) is 12.8. The van der Waals surface area contributed by atoms with Gasteiger partial charge < -0.3 is 65.2 Å². The van der Waals surface area contributed by atoms with Gasteiger partial charge in [-0.25, -0.2) is 34.7 Å². The lowest BCUT2D eigenvalue weighted by molar-refractivity contribution is -0.150. The van der Waals surface area contributed by atoms with E-state index in [1.54, 1.807) is 118 Å². The van der Waals surface area contributed by atoms with E-state index >= 15 is 0 Å². The highest BCUT2D eigenvalue weighted by molar-refractivity contribution is 7.21. The molecule has 27 nitrogen and oxygen atoms in total. The quantitative estimate of drug-likeness (QED) is 0.0157. The van der Waals surface area contributed by atoms with Crippen LogP contribution in [0, 0.1) is 30.6 Å². The number of hydrogen-bond donors (Lipinski definition) is 7. The standard InChI is InChI=1S/C52H48ClN7O8S2.C21H23ClN4O2S2.C19H21ClN4O2S2/c1-33-48(70-52(55-33)59-49(63)36-13-7-4-8-14-36)43-32-69-51(58-43)57-42-28-38(53)19-22-44(42)67-26-25-65-23-24-66-31-46(62)68-30-34-17-20-39(21-18-34)56-50(64)47(35-11-5-3-6-12-35)60(2)45(61)27-37-29-54-41-16-10-9-15-40(37)41;1-21(2,3)18(27)26-20-23-12-6-5-7-15-16(17(12)30-20)25-19(29-15)24-13-10-11(22)8-9-14(13)28-4;1-10-15(28-18(21-10)24-16(25)19(2,3)4)13-9-27-17(23-13)22-12-8-11(20)6-7-14(12)26-5/h3-22,28-29,32,40,47H,23-27,30-31H2,1-2H3,(H,56,64)(H,57,58)(H,55,59,63);8-10H,5-7H2,1-4H3,(H,24,25)(H,23,26,27);6-9H,1-5H3,(H,22,23)(H,21,24,25). The first kappa shape index (κ1) is 94.0. The summed E-state index contributed by atoms with van der Waals surface area (Å²) in [6.45, 7) is 15.7. The summed E-state index contributed by atoms with van der Waals surface area (Å²) in [6.07, 6.45) is 12.5. The van der Waals surface area contributed by atoms with Crippen LogP contribution < -0.4 is 51.4 Å². The number of allylic oxidation sites excluding steroid dienone is 4. The summed E-state index contributed by atoms with van der Waals surface area (Å²) in [5.74, 6) is 0.441. The zero-order valence-corrected chi connectivity index (χ0v) is 78.8. The van der Waals surface area contributed by atoms with E-state index in [1.165, 1.54) is 66.5 Å². The van der Waals surface area contributed by atoms with E-state index in [-0.39, 0.29) is 81.5 Å². The van der Waals surface area contributed by atoms with Crippen LogP contribution in [-0.4, -0.2) is 130 Å². The number of benzene rings is 6. The number of likely N-dealkylation sites (N-methyl/N-ethyl adjacent to an activating group) is 1. The molecule has 128 heavy (non-hydrogen) atoms. The Bertz CT molecular complexity index is 6110. The second kappa shape index (κ2) is 43.5. The van der Waals surface area contributed by atoms with Crippen molar-refractivity contribution in [2.45, 2.75) is 93.7 Å². The molecule has 0 spiro atoms. The third-order valence-electron chi connectivity index (χ3n) is 19.5. The molecule has 36 heteroatoms. The van der Waals surface area contributed by atoms with Gasteiger partial charge in [0.05, 0.1) is 112 Å². The number of thiazole rings is 6. The first-order chi connectivity index (χ1) is 61.5. The van der Waals surface area contributed by atoms with Crippen molar-refractivity contribution < 1.29 is 57.2 Å². The predicted octanol–water partition coefficient (Wildman–Crippen LogP) is 22.1. The normalized spacial score (nSPS) is 13.2. The van der Waals surface area contributed by atoms with Crippen molar-refractivity contribution in [3.05, 3.63) is 240 Å². The van der Waals surface area contributed by atoms with Crippen LogP contribution in [-0.2, 0) is 57.6 Å². The Labute approximate surface area is 779 Å². The first-order valence-electron chi connectivity index (χ1n) is 40.4. The molecule has 3 aliphatic rings. The Kier molecular flexibility index (Phi) is 31.9. The van der Waals surface area contributed by atoms with Crippen LogP contribution in [0.2, 0.25) is 15.1 Å². The SMILES string of the molecule is COc1ccc(Cl)cc1Nc1nc(-c2sc(NC(=O)C(C)(C)C)nc2C)cs1.COc1ccc(Cl)cc1Nc1nc2c(s1)CCCc1nc(NC(=O)C(C)(C)C)sc1-2.Cc1nc(NC(=O)c2ccccc2)sc1-c1csc(Nc2cc(Cl)ccc2OCCOCCOCC(=O)OCc2ccc(NC(=O)C(c3ccccc3)N(C)C(=O)CC3=CN=C4C=CC=CC34)cc2)n1. The van der Waals surface area contributed by atoms with Crippen molar-refractivity contribution in [1.82, 2.24) is 34.8 Å². The minimum atomic E-state index is -0.881. The number of methoxy groups -OCH3 is 2. The second-order valence-electron chi connectivity index (χ2n) is 31.1. The molecule has 5 amide bonds. The van der Waals surface area contributed by atoms with Gasteiger partial charge in [0.15, 0.2) is 30.8 Å². The molecule has 0 fully saturated rings. The molecule has 2 atom stereocenters. The first-order valence-corrected chi connectivity index (χ1v) is 46.5. The molecular weight excluding hydrogens is 1810 g/mol. The number of aliphatic imine (C=N–C) groups is 1. The maximum atomic E-state index is 13.8. The summed E-state index contributed by atoms with van der Waals surface area (Å²) >= 11 is 27.3. The minimum Gasteiger partial charge on any atom is -0.495 e. The fraction of sp³-hybridized carbons (Fsp3) is 0.272. The average molecular weight is 1900 g/mol. The summed E-state index contributed by atoms with van der Waals surface area (Å²) in [4.78, 5) is 115. The van der Waals surface area contributed by atoms with E-state index < -0.39 is 22.8 Å². The topological polar surface area (TPSA) is 335 Å². The molecule has 6 aromatic heterocycles. The van der Waals surface area contributed by atoms with Crippen LogP contribution >= 0.6 is 103 Å². The summed E-state index contributed by atoms with van der Waals surface area (Å²) in [7, 11) is 4.87. The number of anilines is 10. The van der Waals surface area contributed by atoms with Crippen molar-refractivity contribution in [3.8, 4) is 49.0 Å². The number of amides is 5. The Morgan fingerprint density at radius 1 is 0.555 bits per heavy atom. The monoisotopic (exact) mass is 1900 g/mol. The van der Waals surface area contributed by atoms with Gasteiger partial charge in [0.2, 0.25) is 17.7 Å². The molecule has 0 saturated heterocycles. The zero-order valence-electron chi connectivity index (χ0n) is 71.6. The predicted molar refractivity (Wildman–Crippen MR) is 515 cm³/mol. The van der Waals surface area contributed by atoms with Crippen LogP contribution in [0.15, 0.2) is 191 Å². The Hall–Kier alpha value is -11.6. The highest BCUT2D eigenvalue weighted by Crippen LogP contribution is 2.45. The summed E-state index contributed by atoms with van der Waals surface area (Å²) in [5.41, 5.74) is 10.5. The molecule has 7 N–H and O–H groups in total. The van der Waals surface area contributed by atoms with Crippen LogP contribution in [0.1, 0.15) is 104 Å². The van der Waals surface area contributed by atoms with Gasteiger partial charge in [-0.05, 0) is 135 Å². The van der Waals surface area contributed by atoms with Crippen molar-refractivity contribution in [2.24, 2.45) is 21.7 Å². The van der Waals surface area contributed by atoms with E-state index in [9.17, 15) is 28.8 Å². The molecule has 2 unspecified atom stereocenters. The van der Waals surface area contributed by atoms with E-state index in [0.717, 1.165) is 95.8 Å². The number of ether oxygens (including phenoxy) is 6. The number of aryl methyl sites for hydroxylation is 4. The molecule has 7 heterocycles. The maximum Gasteiger partial charge on any atom is 0.332 e. The van der Waals surface area contributed by atoms with Crippen LogP contribution in [0.5, 0.6) is 17.2 Å².